The third-order valence-corrected chi connectivity index (χ3v) is 9.12. The summed E-state index contributed by atoms with van der Waals surface area (Å²) in [6.07, 6.45) is 14.1. The van der Waals surface area contributed by atoms with Crippen LogP contribution < -0.4 is 14.8 Å². The molecule has 1 saturated heterocycles. The van der Waals surface area contributed by atoms with E-state index in [1.54, 1.807) is 7.11 Å². The van der Waals surface area contributed by atoms with E-state index < -0.39 is 0 Å². The Hall–Kier alpha value is -1.79. The van der Waals surface area contributed by atoms with Crippen molar-refractivity contribution in [2.24, 2.45) is 11.8 Å². The van der Waals surface area contributed by atoms with Crippen LogP contribution in [-0.2, 0) is 9.53 Å². The van der Waals surface area contributed by atoms with E-state index in [9.17, 15) is 4.79 Å². The fraction of sp³-hybridized carbons (Fsp3) is 0.759. The normalized spacial score (nSPS) is 29.7. The third-order valence-electron chi connectivity index (χ3n) is 9.12. The Morgan fingerprint density at radius 3 is 2.46 bits per heavy atom. The molecule has 2 heterocycles. The van der Waals surface area contributed by atoms with Crippen molar-refractivity contribution in [3.8, 4) is 11.5 Å². The number of hydrogen-bond donors (Lipinski definition) is 1. The van der Waals surface area contributed by atoms with Crippen molar-refractivity contribution in [1.82, 2.24) is 10.2 Å². The van der Waals surface area contributed by atoms with Gasteiger partial charge in [-0.05, 0) is 114 Å². The third kappa shape index (κ3) is 6.51. The van der Waals surface area contributed by atoms with Gasteiger partial charge in [-0.1, -0.05) is 12.1 Å². The van der Waals surface area contributed by atoms with Gasteiger partial charge in [0.05, 0.1) is 6.10 Å². The molecule has 0 aromatic heterocycles. The van der Waals surface area contributed by atoms with E-state index in [4.69, 9.17) is 14.2 Å². The van der Waals surface area contributed by atoms with Crippen LogP contribution in [0.2, 0.25) is 0 Å². The standard InChI is InChI=1S/C29H44N2O4/c1-33-25-11-7-22(8-12-25)19-28(32)30-24-9-5-21(6-10-24)13-16-31-17-14-23(15-18-31)26-3-2-4-27-29(26)35-20-34-27/h2-4,21-25H,5-20H2,1H3,(H,30,32). The summed E-state index contributed by atoms with van der Waals surface area (Å²) < 4.78 is 16.8. The smallest absolute Gasteiger partial charge is 0.231 e. The molecule has 0 radical (unpaired) electrons. The lowest BCUT2D eigenvalue weighted by Gasteiger charge is -2.35. The largest absolute Gasteiger partial charge is 0.454 e. The predicted molar refractivity (Wildman–Crippen MR) is 137 cm³/mol. The summed E-state index contributed by atoms with van der Waals surface area (Å²) in [5, 5.41) is 3.36. The van der Waals surface area contributed by atoms with Gasteiger partial charge < -0.3 is 24.4 Å². The number of methoxy groups -OCH3 is 1. The number of fused-ring (bicyclic) bond motifs is 1. The highest BCUT2D eigenvalue weighted by Crippen LogP contribution is 2.42. The number of nitrogens with zero attached hydrogens (tertiary/aromatic N) is 1. The zero-order valence-electron chi connectivity index (χ0n) is 21.5. The summed E-state index contributed by atoms with van der Waals surface area (Å²) in [6.45, 7) is 3.91. The van der Waals surface area contributed by atoms with Crippen molar-refractivity contribution in [2.45, 2.75) is 95.1 Å². The molecule has 6 heteroatoms. The Labute approximate surface area is 211 Å². The van der Waals surface area contributed by atoms with Gasteiger partial charge in [-0.25, -0.2) is 0 Å². The number of hydrogen-bond acceptors (Lipinski definition) is 5. The van der Waals surface area contributed by atoms with E-state index in [2.05, 4.69) is 22.3 Å². The van der Waals surface area contributed by atoms with Crippen LogP contribution in [0.15, 0.2) is 18.2 Å². The average Bonchev–Trinajstić information content (AvgIpc) is 3.38. The molecule has 0 bridgehead atoms. The van der Waals surface area contributed by atoms with E-state index in [-0.39, 0.29) is 5.91 Å². The molecule has 0 spiro atoms. The molecule has 2 aliphatic heterocycles. The molecule has 4 aliphatic rings. The number of para-hydroxylation sites is 1. The predicted octanol–water partition coefficient (Wildman–Crippen LogP) is 5.26. The van der Waals surface area contributed by atoms with Gasteiger partial charge in [-0.3, -0.25) is 4.79 Å². The highest BCUT2D eigenvalue weighted by molar-refractivity contribution is 5.76. The average molecular weight is 485 g/mol. The molecule has 5 rings (SSSR count). The fourth-order valence-corrected chi connectivity index (χ4v) is 6.82. The number of piperidine rings is 1. The minimum absolute atomic E-state index is 0.276. The zero-order valence-corrected chi connectivity index (χ0v) is 21.5. The number of benzene rings is 1. The molecular formula is C29H44N2O4. The maximum atomic E-state index is 12.6. The van der Waals surface area contributed by atoms with Gasteiger partial charge in [0.1, 0.15) is 0 Å². The van der Waals surface area contributed by atoms with Crippen molar-refractivity contribution < 1.29 is 19.0 Å². The van der Waals surface area contributed by atoms with Crippen LogP contribution >= 0.6 is 0 Å². The molecule has 1 aromatic carbocycles. The van der Waals surface area contributed by atoms with Crippen molar-refractivity contribution >= 4 is 5.91 Å². The molecule has 2 aliphatic carbocycles. The highest BCUT2D eigenvalue weighted by Gasteiger charge is 2.29. The molecule has 3 fully saturated rings. The van der Waals surface area contributed by atoms with E-state index in [1.807, 2.05) is 6.07 Å². The Morgan fingerprint density at radius 2 is 1.71 bits per heavy atom. The van der Waals surface area contributed by atoms with Gasteiger partial charge in [0.15, 0.2) is 11.5 Å². The van der Waals surface area contributed by atoms with E-state index in [0.717, 1.165) is 55.9 Å². The van der Waals surface area contributed by atoms with Crippen LogP contribution in [-0.4, -0.2) is 56.5 Å². The van der Waals surface area contributed by atoms with Gasteiger partial charge in [0.2, 0.25) is 12.7 Å². The zero-order chi connectivity index (χ0) is 24.0. The van der Waals surface area contributed by atoms with Gasteiger partial charge in [-0.15, -0.1) is 0 Å². The molecule has 6 nitrogen and oxygen atoms in total. The number of nitrogens with one attached hydrogen (secondary N) is 1. The Balaban J connectivity index is 0.963. The maximum Gasteiger partial charge on any atom is 0.231 e. The van der Waals surface area contributed by atoms with E-state index >= 15 is 0 Å². The number of ether oxygens (including phenoxy) is 3. The summed E-state index contributed by atoms with van der Waals surface area (Å²) in [7, 11) is 1.80. The van der Waals surface area contributed by atoms with E-state index in [1.165, 1.54) is 57.3 Å². The minimum Gasteiger partial charge on any atom is -0.454 e. The van der Waals surface area contributed by atoms with Crippen molar-refractivity contribution in [2.75, 3.05) is 33.5 Å². The van der Waals surface area contributed by atoms with Gasteiger partial charge in [0, 0.05) is 25.1 Å². The summed E-state index contributed by atoms with van der Waals surface area (Å²) in [5.74, 6) is 4.10. The second-order valence-electron chi connectivity index (χ2n) is 11.4. The topological polar surface area (TPSA) is 60.0 Å². The quantitative estimate of drug-likeness (QED) is 0.546. The van der Waals surface area contributed by atoms with E-state index in [0.29, 0.717) is 37.2 Å². The molecule has 1 N–H and O–H groups in total. The SMILES string of the molecule is COC1CCC(CC(=O)NC2CCC(CCN3CCC(c4cccc5c4OCO5)CC3)CC2)CC1. The second kappa shape index (κ2) is 12.0. The summed E-state index contributed by atoms with van der Waals surface area (Å²) in [4.78, 5) is 15.2. The first kappa shape index (κ1) is 24.9. The van der Waals surface area contributed by atoms with Crippen LogP contribution in [0.3, 0.4) is 0 Å². The maximum absolute atomic E-state index is 12.6. The Bertz CT molecular complexity index is 822. The Kier molecular flexibility index (Phi) is 8.51. The number of carbonyl (C=O) groups is 1. The molecule has 1 aromatic rings. The number of rotatable bonds is 8. The number of carbonyl (C=O) groups excluding carboxylic acids is 1. The van der Waals surface area contributed by atoms with Crippen LogP contribution in [0.5, 0.6) is 11.5 Å². The first-order valence-corrected chi connectivity index (χ1v) is 14.1. The lowest BCUT2D eigenvalue weighted by atomic mass is 9.83. The molecular weight excluding hydrogens is 440 g/mol. The van der Waals surface area contributed by atoms with Gasteiger partial charge >= 0.3 is 0 Å². The second-order valence-corrected chi connectivity index (χ2v) is 11.4. The van der Waals surface area contributed by atoms with Crippen molar-refractivity contribution in [3.63, 3.8) is 0 Å². The van der Waals surface area contributed by atoms with Crippen molar-refractivity contribution in [1.29, 1.82) is 0 Å². The summed E-state index contributed by atoms with van der Waals surface area (Å²) >= 11 is 0. The summed E-state index contributed by atoms with van der Waals surface area (Å²) in [6, 6.07) is 6.72. The van der Waals surface area contributed by atoms with Gasteiger partial charge in [0.25, 0.3) is 0 Å². The molecule has 2 saturated carbocycles. The highest BCUT2D eigenvalue weighted by atomic mass is 16.7. The number of likely N-dealkylation sites (tertiary alicyclic amines) is 1. The lowest BCUT2D eigenvalue weighted by Crippen LogP contribution is -2.39. The van der Waals surface area contributed by atoms with Crippen LogP contribution in [0, 0.1) is 11.8 Å². The molecule has 0 unspecified atom stereocenters. The first-order chi connectivity index (χ1) is 17.2. The van der Waals surface area contributed by atoms with Gasteiger partial charge in [-0.2, -0.15) is 0 Å². The fourth-order valence-electron chi connectivity index (χ4n) is 6.82. The van der Waals surface area contributed by atoms with Crippen LogP contribution in [0.1, 0.15) is 88.5 Å². The van der Waals surface area contributed by atoms with Crippen molar-refractivity contribution in [3.05, 3.63) is 23.8 Å². The molecule has 0 atom stereocenters. The lowest BCUT2D eigenvalue weighted by molar-refractivity contribution is -0.123. The monoisotopic (exact) mass is 484 g/mol. The first-order valence-electron chi connectivity index (χ1n) is 14.1. The van der Waals surface area contributed by atoms with Crippen LogP contribution in [0.25, 0.3) is 0 Å². The summed E-state index contributed by atoms with van der Waals surface area (Å²) in [5.41, 5.74) is 1.34. The molecule has 1 amide bonds. The van der Waals surface area contributed by atoms with Crippen LogP contribution in [0.4, 0.5) is 0 Å². The molecule has 194 valence electrons. The number of amides is 1. The Morgan fingerprint density at radius 1 is 0.971 bits per heavy atom. The molecule has 35 heavy (non-hydrogen) atoms. The minimum atomic E-state index is 0.276.